The molecule has 0 bridgehead atoms. The van der Waals surface area contributed by atoms with Crippen LogP contribution in [0.4, 0.5) is 5.82 Å². The number of hydrogen-bond donors (Lipinski definition) is 1. The molecular formula is C22H29N5O2. The fourth-order valence-corrected chi connectivity index (χ4v) is 5.73. The van der Waals surface area contributed by atoms with Crippen LogP contribution < -0.4 is 10.5 Å². The van der Waals surface area contributed by atoms with E-state index in [2.05, 4.69) is 20.6 Å². The topological polar surface area (TPSA) is 78.4 Å². The van der Waals surface area contributed by atoms with Gasteiger partial charge in [-0.3, -0.25) is 9.58 Å². The fourth-order valence-electron chi connectivity index (χ4n) is 5.73. The van der Waals surface area contributed by atoms with Crippen molar-refractivity contribution in [1.82, 2.24) is 19.7 Å². The molecule has 4 heterocycles. The van der Waals surface area contributed by atoms with E-state index in [1.165, 1.54) is 44.5 Å². The average molecular weight is 396 g/mol. The second-order valence-electron chi connectivity index (χ2n) is 9.15. The van der Waals surface area contributed by atoms with Gasteiger partial charge >= 0.3 is 0 Å². The molecule has 6 rings (SSSR count). The number of ether oxygens (including phenoxy) is 2. The van der Waals surface area contributed by atoms with Crippen molar-refractivity contribution >= 4 is 5.82 Å². The van der Waals surface area contributed by atoms with Crippen molar-refractivity contribution in [3.63, 3.8) is 0 Å². The number of piperidine rings is 1. The van der Waals surface area contributed by atoms with E-state index in [9.17, 15) is 0 Å². The minimum atomic E-state index is 0.420. The Balaban J connectivity index is 1.30. The summed E-state index contributed by atoms with van der Waals surface area (Å²) in [7, 11) is 1.63. The standard InChI is InChI=1S/C22H29N5O2/c1-28-20-6-13(8-24-22(20)23)18-7-19(27(25-18)14-4-2-3-5-14)21-16-9-26(10-17(16)21)15-11-29-12-15/h6-8,14-17,21H,2-5,9-12H2,1H3,(H2,23,24)/t16-,17+,21-. The van der Waals surface area contributed by atoms with Crippen LogP contribution in [0.25, 0.3) is 11.3 Å². The van der Waals surface area contributed by atoms with Crippen LogP contribution in [0.3, 0.4) is 0 Å². The Kier molecular flexibility index (Phi) is 4.10. The van der Waals surface area contributed by atoms with E-state index < -0.39 is 0 Å². The highest BCUT2D eigenvalue weighted by Gasteiger charge is 2.59. The quantitative estimate of drug-likeness (QED) is 0.839. The predicted octanol–water partition coefficient (Wildman–Crippen LogP) is 2.70. The number of pyridine rings is 1. The Bertz CT molecular complexity index is 906. The Hall–Kier alpha value is -2.12. The fraction of sp³-hybridized carbons (Fsp3) is 0.636. The first kappa shape index (κ1) is 17.7. The number of rotatable bonds is 5. The molecule has 2 aliphatic carbocycles. The van der Waals surface area contributed by atoms with Gasteiger partial charge in [0.05, 0.1) is 38.1 Å². The molecule has 29 heavy (non-hydrogen) atoms. The van der Waals surface area contributed by atoms with E-state index in [4.69, 9.17) is 20.3 Å². The molecule has 2 N–H and O–H groups in total. The maximum Gasteiger partial charge on any atom is 0.166 e. The SMILES string of the molecule is COc1cc(-c2cc([C@@H]3[C@@H]4CN(C5COC5)C[C@@H]43)n(C3CCCC3)n2)cnc1N. The average Bonchev–Trinajstić information content (AvgIpc) is 3.19. The van der Waals surface area contributed by atoms with E-state index in [1.54, 1.807) is 7.11 Å². The van der Waals surface area contributed by atoms with Crippen LogP contribution >= 0.6 is 0 Å². The summed E-state index contributed by atoms with van der Waals surface area (Å²) in [6.45, 7) is 4.26. The highest BCUT2D eigenvalue weighted by molar-refractivity contribution is 5.64. The molecule has 2 saturated heterocycles. The largest absolute Gasteiger partial charge is 0.493 e. The van der Waals surface area contributed by atoms with Gasteiger partial charge in [-0.15, -0.1) is 0 Å². The predicted molar refractivity (Wildman–Crippen MR) is 110 cm³/mol. The summed E-state index contributed by atoms with van der Waals surface area (Å²) in [5.74, 6) is 3.24. The van der Waals surface area contributed by atoms with Gasteiger partial charge in [0.2, 0.25) is 0 Å². The smallest absolute Gasteiger partial charge is 0.166 e. The number of nitrogens with two attached hydrogens (primary N) is 1. The van der Waals surface area contributed by atoms with Crippen LogP contribution in [-0.4, -0.2) is 59.1 Å². The van der Waals surface area contributed by atoms with E-state index in [-0.39, 0.29) is 0 Å². The maximum absolute atomic E-state index is 5.91. The Morgan fingerprint density at radius 3 is 2.52 bits per heavy atom. The van der Waals surface area contributed by atoms with Crippen LogP contribution in [0, 0.1) is 11.8 Å². The first-order valence-corrected chi connectivity index (χ1v) is 10.9. The summed E-state index contributed by atoms with van der Waals surface area (Å²) < 4.78 is 13.1. The molecule has 2 aromatic rings. The van der Waals surface area contributed by atoms with Crippen molar-refractivity contribution in [1.29, 1.82) is 0 Å². The molecule has 154 valence electrons. The number of aromatic nitrogens is 3. The first-order valence-electron chi connectivity index (χ1n) is 10.9. The van der Waals surface area contributed by atoms with Gasteiger partial charge in [-0.2, -0.15) is 5.10 Å². The minimum Gasteiger partial charge on any atom is -0.493 e. The molecule has 7 nitrogen and oxygen atoms in total. The third-order valence-corrected chi connectivity index (χ3v) is 7.53. The van der Waals surface area contributed by atoms with Crippen LogP contribution in [0.15, 0.2) is 18.3 Å². The molecule has 3 atom stereocenters. The van der Waals surface area contributed by atoms with Gasteiger partial charge in [-0.1, -0.05) is 12.8 Å². The number of likely N-dealkylation sites (tertiary alicyclic amines) is 1. The number of nitrogen functional groups attached to an aromatic ring is 1. The number of methoxy groups -OCH3 is 1. The third kappa shape index (κ3) is 2.86. The molecule has 7 heteroatoms. The summed E-state index contributed by atoms with van der Waals surface area (Å²) >= 11 is 0. The summed E-state index contributed by atoms with van der Waals surface area (Å²) in [5.41, 5.74) is 9.32. The van der Waals surface area contributed by atoms with Crippen LogP contribution in [0.1, 0.15) is 43.3 Å². The summed E-state index contributed by atoms with van der Waals surface area (Å²) in [6.07, 6.45) is 6.91. The Morgan fingerprint density at radius 1 is 1.10 bits per heavy atom. The Labute approximate surface area is 171 Å². The lowest BCUT2D eigenvalue weighted by atomic mass is 10.1. The number of anilines is 1. The number of nitrogens with zero attached hydrogens (tertiary/aromatic N) is 4. The van der Waals surface area contributed by atoms with Gasteiger partial charge in [0, 0.05) is 36.5 Å². The molecule has 2 aliphatic heterocycles. The highest BCUT2D eigenvalue weighted by atomic mass is 16.5. The molecular weight excluding hydrogens is 366 g/mol. The first-order chi connectivity index (χ1) is 14.2. The van der Waals surface area contributed by atoms with Crippen molar-refractivity contribution < 1.29 is 9.47 Å². The van der Waals surface area contributed by atoms with Crippen molar-refractivity contribution in [2.24, 2.45) is 11.8 Å². The second kappa shape index (κ2) is 6.71. The van der Waals surface area contributed by atoms with Crippen molar-refractivity contribution in [2.45, 2.75) is 43.7 Å². The van der Waals surface area contributed by atoms with Gasteiger partial charge in [0.15, 0.2) is 11.6 Å². The summed E-state index contributed by atoms with van der Waals surface area (Å²) in [6, 6.07) is 5.47. The maximum atomic E-state index is 5.91. The highest BCUT2D eigenvalue weighted by Crippen LogP contribution is 2.59. The van der Waals surface area contributed by atoms with Gasteiger partial charge in [0.25, 0.3) is 0 Å². The summed E-state index contributed by atoms with van der Waals surface area (Å²) in [4.78, 5) is 6.95. The van der Waals surface area contributed by atoms with Gasteiger partial charge in [-0.25, -0.2) is 4.98 Å². The Morgan fingerprint density at radius 2 is 1.86 bits per heavy atom. The molecule has 0 radical (unpaired) electrons. The zero-order valence-corrected chi connectivity index (χ0v) is 17.0. The van der Waals surface area contributed by atoms with Gasteiger partial charge < -0.3 is 15.2 Å². The van der Waals surface area contributed by atoms with Gasteiger partial charge in [-0.05, 0) is 36.8 Å². The molecule has 0 amide bonds. The van der Waals surface area contributed by atoms with Crippen molar-refractivity contribution in [3.05, 3.63) is 24.0 Å². The number of hydrogen-bond acceptors (Lipinski definition) is 6. The van der Waals surface area contributed by atoms with E-state index >= 15 is 0 Å². The van der Waals surface area contributed by atoms with Crippen molar-refractivity contribution in [2.75, 3.05) is 39.1 Å². The number of fused-ring (bicyclic) bond motifs is 1. The minimum absolute atomic E-state index is 0.420. The molecule has 2 saturated carbocycles. The normalized spacial score (nSPS) is 29.8. The molecule has 4 aliphatic rings. The van der Waals surface area contributed by atoms with Gasteiger partial charge in [0.1, 0.15) is 0 Å². The lowest BCUT2D eigenvalue weighted by Crippen LogP contribution is -2.48. The lowest BCUT2D eigenvalue weighted by molar-refractivity contribution is -0.0610. The van der Waals surface area contributed by atoms with Crippen LogP contribution in [-0.2, 0) is 4.74 Å². The second-order valence-corrected chi connectivity index (χ2v) is 9.15. The van der Waals surface area contributed by atoms with E-state index in [1.807, 2.05) is 12.3 Å². The molecule has 0 aromatic carbocycles. The monoisotopic (exact) mass is 395 g/mol. The zero-order chi connectivity index (χ0) is 19.5. The lowest BCUT2D eigenvalue weighted by Gasteiger charge is -2.35. The van der Waals surface area contributed by atoms with Crippen molar-refractivity contribution in [3.8, 4) is 17.0 Å². The van der Waals surface area contributed by atoms with Crippen LogP contribution in [0.5, 0.6) is 5.75 Å². The molecule has 2 aromatic heterocycles. The molecule has 4 fully saturated rings. The van der Waals surface area contributed by atoms with E-state index in [0.29, 0.717) is 29.6 Å². The third-order valence-electron chi connectivity index (χ3n) is 7.53. The van der Waals surface area contributed by atoms with E-state index in [0.717, 1.165) is 36.3 Å². The zero-order valence-electron chi connectivity index (χ0n) is 17.0. The summed E-state index contributed by atoms with van der Waals surface area (Å²) in [5, 5.41) is 5.08. The molecule has 0 unspecified atom stereocenters. The van der Waals surface area contributed by atoms with Crippen LogP contribution in [0.2, 0.25) is 0 Å². The molecule has 0 spiro atoms.